The van der Waals surface area contributed by atoms with E-state index in [1.54, 1.807) is 0 Å². The number of para-hydroxylation sites is 1. The van der Waals surface area contributed by atoms with Crippen LogP contribution in [0.15, 0.2) is 65.8 Å². The van der Waals surface area contributed by atoms with Crippen LogP contribution < -0.4 is 21.1 Å². The van der Waals surface area contributed by atoms with Gasteiger partial charge in [0.2, 0.25) is 0 Å². The van der Waals surface area contributed by atoms with Crippen LogP contribution in [0.1, 0.15) is 11.1 Å². The molecule has 0 aliphatic carbocycles. The lowest BCUT2D eigenvalue weighted by molar-refractivity contribution is 0.328. The van der Waals surface area contributed by atoms with Crippen molar-refractivity contribution in [3.05, 3.63) is 77.0 Å². The Labute approximate surface area is 158 Å². The number of aryl methyl sites for hydroxylation is 1. The zero-order valence-corrected chi connectivity index (χ0v) is 15.5. The number of nitrogens with one attached hydrogen (secondary N) is 2. The maximum absolute atomic E-state index is 6.47. The molecule has 1 aliphatic heterocycles. The summed E-state index contributed by atoms with van der Waals surface area (Å²) in [7, 11) is 0. The predicted octanol–water partition coefficient (Wildman–Crippen LogP) is 2.99. The van der Waals surface area contributed by atoms with E-state index in [4.69, 9.17) is 22.1 Å². The van der Waals surface area contributed by atoms with Gasteiger partial charge in [-0.05, 0) is 42.3 Å². The maximum atomic E-state index is 6.47. The molecule has 0 bridgehead atoms. The molecule has 0 fully saturated rings. The summed E-state index contributed by atoms with van der Waals surface area (Å²) < 4.78 is 5.64. The molecule has 1 unspecified atom stereocenters. The van der Waals surface area contributed by atoms with Crippen molar-refractivity contribution >= 4 is 17.6 Å². The first kappa shape index (κ1) is 18.3. The van der Waals surface area contributed by atoms with Crippen LogP contribution in [0.2, 0.25) is 5.02 Å². The molecule has 0 aromatic heterocycles. The Bertz CT molecular complexity index is 807. The average molecular weight is 371 g/mol. The molecule has 1 aliphatic rings. The van der Waals surface area contributed by atoms with Gasteiger partial charge in [-0.2, -0.15) is 0 Å². The summed E-state index contributed by atoms with van der Waals surface area (Å²) >= 11 is 6.21. The Morgan fingerprint density at radius 3 is 2.77 bits per heavy atom. The second kappa shape index (κ2) is 8.25. The van der Waals surface area contributed by atoms with Crippen molar-refractivity contribution in [3.8, 4) is 5.75 Å². The second-order valence-electron chi connectivity index (χ2n) is 6.30. The van der Waals surface area contributed by atoms with E-state index >= 15 is 0 Å². The minimum atomic E-state index is -0.719. The van der Waals surface area contributed by atoms with Crippen molar-refractivity contribution in [2.45, 2.75) is 19.0 Å². The molecular formula is C20H23ClN4O. The molecule has 0 radical (unpaired) electrons. The molecular weight excluding hydrogens is 348 g/mol. The third-order valence-corrected chi connectivity index (χ3v) is 4.47. The third-order valence-electron chi connectivity index (χ3n) is 4.06. The lowest BCUT2D eigenvalue weighted by Gasteiger charge is -2.32. The van der Waals surface area contributed by atoms with Gasteiger partial charge in [0.15, 0.2) is 5.96 Å². The third kappa shape index (κ3) is 5.00. The SMILES string of the molecule is Cc1ccc(CC2(N)C=CNC(=NCCOc3ccccc3)N2)cc1Cl. The van der Waals surface area contributed by atoms with Crippen LogP contribution >= 0.6 is 11.6 Å². The van der Waals surface area contributed by atoms with Gasteiger partial charge in [-0.25, -0.2) is 4.99 Å². The highest BCUT2D eigenvalue weighted by Gasteiger charge is 2.26. The number of halogens is 1. The molecule has 0 saturated heterocycles. The number of hydrogen-bond acceptors (Lipinski definition) is 3. The average Bonchev–Trinajstić information content (AvgIpc) is 2.63. The first-order valence-electron chi connectivity index (χ1n) is 8.53. The predicted molar refractivity (Wildman–Crippen MR) is 106 cm³/mol. The Kier molecular flexibility index (Phi) is 5.81. The Balaban J connectivity index is 1.56. The number of ether oxygens (including phenoxy) is 1. The smallest absolute Gasteiger partial charge is 0.197 e. The summed E-state index contributed by atoms with van der Waals surface area (Å²) in [4.78, 5) is 4.48. The van der Waals surface area contributed by atoms with Crippen LogP contribution in [0.25, 0.3) is 0 Å². The quantitative estimate of drug-likeness (QED) is 0.683. The zero-order chi connectivity index (χ0) is 18.4. The Hall–Kier alpha value is -2.50. The second-order valence-corrected chi connectivity index (χ2v) is 6.70. The normalized spacial score (nSPS) is 20.5. The van der Waals surface area contributed by atoms with Crippen LogP contribution in [0.4, 0.5) is 0 Å². The zero-order valence-electron chi connectivity index (χ0n) is 14.7. The van der Waals surface area contributed by atoms with Crippen LogP contribution in [0.5, 0.6) is 5.75 Å². The van der Waals surface area contributed by atoms with E-state index in [1.807, 2.05) is 67.7 Å². The van der Waals surface area contributed by atoms with Gasteiger partial charge in [-0.3, -0.25) is 0 Å². The molecule has 0 spiro atoms. The van der Waals surface area contributed by atoms with Crippen LogP contribution in [-0.2, 0) is 6.42 Å². The summed E-state index contributed by atoms with van der Waals surface area (Å²) in [5.41, 5.74) is 7.87. The van der Waals surface area contributed by atoms with Crippen LogP contribution in [0, 0.1) is 6.92 Å². The van der Waals surface area contributed by atoms with Crippen LogP contribution in [-0.4, -0.2) is 24.8 Å². The van der Waals surface area contributed by atoms with Gasteiger partial charge in [0.05, 0.1) is 6.54 Å². The van der Waals surface area contributed by atoms with Gasteiger partial charge < -0.3 is 21.1 Å². The molecule has 3 rings (SSSR count). The van der Waals surface area contributed by atoms with E-state index in [0.717, 1.165) is 21.9 Å². The Morgan fingerprint density at radius 2 is 2.00 bits per heavy atom. The summed E-state index contributed by atoms with van der Waals surface area (Å²) in [6, 6.07) is 15.7. The van der Waals surface area contributed by atoms with Gasteiger partial charge in [0, 0.05) is 17.6 Å². The number of nitrogens with zero attached hydrogens (tertiary/aromatic N) is 1. The van der Waals surface area contributed by atoms with Crippen molar-refractivity contribution in [2.24, 2.45) is 10.7 Å². The summed E-state index contributed by atoms with van der Waals surface area (Å²) in [6.45, 7) is 2.99. The fourth-order valence-corrected chi connectivity index (χ4v) is 2.88. The highest BCUT2D eigenvalue weighted by atomic mass is 35.5. The molecule has 0 saturated carbocycles. The minimum absolute atomic E-state index is 0.492. The van der Waals surface area contributed by atoms with E-state index in [0.29, 0.717) is 25.5 Å². The van der Waals surface area contributed by atoms with Crippen molar-refractivity contribution in [3.63, 3.8) is 0 Å². The summed E-state index contributed by atoms with van der Waals surface area (Å²) in [5, 5.41) is 7.06. The van der Waals surface area contributed by atoms with Crippen molar-refractivity contribution in [1.29, 1.82) is 0 Å². The summed E-state index contributed by atoms with van der Waals surface area (Å²) in [5.74, 6) is 1.46. The fraction of sp³-hybridized carbons (Fsp3) is 0.250. The molecule has 5 nitrogen and oxygen atoms in total. The van der Waals surface area contributed by atoms with Gasteiger partial charge >= 0.3 is 0 Å². The molecule has 1 atom stereocenters. The number of aliphatic imine (C=N–C) groups is 1. The van der Waals surface area contributed by atoms with E-state index in [1.165, 1.54) is 0 Å². The maximum Gasteiger partial charge on any atom is 0.197 e. The highest BCUT2D eigenvalue weighted by Crippen LogP contribution is 2.20. The fourth-order valence-electron chi connectivity index (χ4n) is 2.68. The molecule has 1 heterocycles. The highest BCUT2D eigenvalue weighted by molar-refractivity contribution is 6.31. The number of hydrogen-bond donors (Lipinski definition) is 3. The van der Waals surface area contributed by atoms with Crippen LogP contribution in [0.3, 0.4) is 0 Å². The first-order valence-corrected chi connectivity index (χ1v) is 8.90. The topological polar surface area (TPSA) is 71.7 Å². The number of rotatable bonds is 6. The first-order chi connectivity index (χ1) is 12.5. The number of nitrogens with two attached hydrogens (primary N) is 1. The summed E-state index contributed by atoms with van der Waals surface area (Å²) in [6.07, 6.45) is 4.30. The molecule has 26 heavy (non-hydrogen) atoms. The lowest BCUT2D eigenvalue weighted by Crippen LogP contribution is -2.61. The van der Waals surface area contributed by atoms with E-state index < -0.39 is 5.66 Å². The van der Waals surface area contributed by atoms with Crippen molar-refractivity contribution < 1.29 is 4.74 Å². The lowest BCUT2D eigenvalue weighted by atomic mass is 9.98. The molecule has 2 aromatic carbocycles. The van der Waals surface area contributed by atoms with Gasteiger partial charge in [-0.15, -0.1) is 0 Å². The minimum Gasteiger partial charge on any atom is -0.492 e. The molecule has 2 aromatic rings. The van der Waals surface area contributed by atoms with E-state index in [-0.39, 0.29) is 0 Å². The van der Waals surface area contributed by atoms with Gasteiger partial charge in [-0.1, -0.05) is 41.9 Å². The van der Waals surface area contributed by atoms with Gasteiger partial charge in [0.25, 0.3) is 0 Å². The largest absolute Gasteiger partial charge is 0.492 e. The van der Waals surface area contributed by atoms with Crippen molar-refractivity contribution in [2.75, 3.05) is 13.2 Å². The monoisotopic (exact) mass is 370 g/mol. The molecule has 0 amide bonds. The Morgan fingerprint density at radius 1 is 1.19 bits per heavy atom. The van der Waals surface area contributed by atoms with Gasteiger partial charge in [0.1, 0.15) is 18.0 Å². The van der Waals surface area contributed by atoms with E-state index in [2.05, 4.69) is 15.6 Å². The molecule has 4 N–H and O–H groups in total. The van der Waals surface area contributed by atoms with E-state index in [9.17, 15) is 0 Å². The number of guanidine groups is 1. The molecule has 6 heteroatoms. The number of benzene rings is 2. The molecule has 136 valence electrons. The standard InChI is InChI=1S/C20H23ClN4O/c1-15-7-8-16(13-18(15)21)14-20(22)9-10-23-19(25-20)24-11-12-26-17-5-3-2-4-6-17/h2-10,13H,11-12,14,22H2,1H3,(H2,23,24,25). The van der Waals surface area contributed by atoms with Crippen molar-refractivity contribution in [1.82, 2.24) is 10.6 Å².